The second-order valence-corrected chi connectivity index (χ2v) is 16.0. The van der Waals surface area contributed by atoms with Crippen molar-refractivity contribution in [2.24, 2.45) is 0 Å². The minimum Gasteiger partial charge on any atom is -0.359 e. The highest BCUT2D eigenvalue weighted by atomic mass is 15.3. The number of anilines is 8. The molecule has 9 aromatic rings. The molecule has 0 radical (unpaired) electrons. The molecule has 9 aromatic carbocycles. The van der Waals surface area contributed by atoms with Crippen molar-refractivity contribution in [3.63, 3.8) is 0 Å². The SMILES string of the molecule is c1ccc(-c2ccccc2N2B3c4ccccc4-c4ccccc4N3c3cc4c(cc32)N2B(c3ccccc3-c3ccccc32)N4c2ccccc2-c2ccccc2)cc1. The first-order chi connectivity index (χ1) is 29.8. The molecule has 0 aliphatic carbocycles. The van der Waals surface area contributed by atoms with Gasteiger partial charge >= 0.3 is 14.0 Å². The van der Waals surface area contributed by atoms with Crippen molar-refractivity contribution in [1.29, 1.82) is 0 Å². The van der Waals surface area contributed by atoms with Gasteiger partial charge < -0.3 is 19.2 Å². The van der Waals surface area contributed by atoms with Gasteiger partial charge in [-0.25, -0.2) is 0 Å². The van der Waals surface area contributed by atoms with Crippen molar-refractivity contribution in [2.45, 2.75) is 0 Å². The minimum atomic E-state index is -0.117. The lowest BCUT2D eigenvalue weighted by molar-refractivity contribution is 1.36. The Bertz CT molecular complexity index is 2960. The van der Waals surface area contributed by atoms with Gasteiger partial charge in [0.05, 0.1) is 22.7 Å². The van der Waals surface area contributed by atoms with E-state index in [9.17, 15) is 0 Å². The Hall–Kier alpha value is -7.69. The average molecular weight is 763 g/mol. The molecule has 0 spiro atoms. The summed E-state index contributed by atoms with van der Waals surface area (Å²) in [5.74, 6) is 0. The number of fused-ring (bicyclic) bond motifs is 16. The van der Waals surface area contributed by atoms with Crippen LogP contribution < -0.4 is 30.2 Å². The molecule has 0 saturated carbocycles. The van der Waals surface area contributed by atoms with Crippen LogP contribution in [-0.4, -0.2) is 14.0 Å². The Morgan fingerprint density at radius 3 is 0.850 bits per heavy atom. The van der Waals surface area contributed by atoms with E-state index in [2.05, 4.69) is 238 Å². The van der Waals surface area contributed by atoms with Gasteiger partial charge in [0.15, 0.2) is 0 Å². The molecule has 0 N–H and O–H groups in total. The molecule has 4 aliphatic heterocycles. The largest absolute Gasteiger partial charge is 0.421 e. The molecule has 0 atom stereocenters. The van der Waals surface area contributed by atoms with E-state index in [1.54, 1.807) is 0 Å². The molecule has 0 fully saturated rings. The second-order valence-electron chi connectivity index (χ2n) is 16.0. The van der Waals surface area contributed by atoms with E-state index in [1.165, 1.54) is 101 Å². The average Bonchev–Trinajstić information content (AvgIpc) is 3.85. The lowest BCUT2D eigenvalue weighted by Crippen LogP contribution is -2.56. The number of hydrogen-bond donors (Lipinski definition) is 0. The maximum atomic E-state index is 2.62. The predicted octanol–water partition coefficient (Wildman–Crippen LogP) is 12.4. The molecule has 4 aliphatic rings. The molecular weight excluding hydrogens is 726 g/mol. The maximum Gasteiger partial charge on any atom is 0.421 e. The summed E-state index contributed by atoms with van der Waals surface area (Å²) in [5, 5.41) is 0. The van der Waals surface area contributed by atoms with E-state index < -0.39 is 0 Å². The van der Waals surface area contributed by atoms with Gasteiger partial charge in [0.1, 0.15) is 0 Å². The topological polar surface area (TPSA) is 13.0 Å². The molecule has 0 amide bonds. The summed E-state index contributed by atoms with van der Waals surface area (Å²) in [4.78, 5) is 10.4. The summed E-state index contributed by atoms with van der Waals surface area (Å²) >= 11 is 0. The van der Waals surface area contributed by atoms with Crippen LogP contribution in [0.4, 0.5) is 45.5 Å². The number of benzene rings is 9. The number of hydrogen-bond acceptors (Lipinski definition) is 4. The summed E-state index contributed by atoms with van der Waals surface area (Å²) in [6.45, 7) is -0.234. The van der Waals surface area contributed by atoms with Gasteiger partial charge in [-0.3, -0.25) is 0 Å². The van der Waals surface area contributed by atoms with E-state index in [0.29, 0.717) is 0 Å². The fraction of sp³-hybridized carbons (Fsp3) is 0. The molecule has 0 bridgehead atoms. The second kappa shape index (κ2) is 12.9. The number of rotatable bonds is 4. The van der Waals surface area contributed by atoms with Gasteiger partial charge in [0.25, 0.3) is 0 Å². The van der Waals surface area contributed by atoms with Gasteiger partial charge in [0, 0.05) is 45.0 Å². The van der Waals surface area contributed by atoms with Crippen molar-refractivity contribution < 1.29 is 0 Å². The highest BCUT2D eigenvalue weighted by Crippen LogP contribution is 2.60. The van der Waals surface area contributed by atoms with Crippen molar-refractivity contribution in [3.05, 3.63) is 218 Å². The van der Waals surface area contributed by atoms with Gasteiger partial charge in [-0.2, -0.15) is 0 Å². The molecule has 278 valence electrons. The van der Waals surface area contributed by atoms with Crippen LogP contribution in [0.5, 0.6) is 0 Å². The predicted molar refractivity (Wildman–Crippen MR) is 253 cm³/mol. The van der Waals surface area contributed by atoms with Crippen molar-refractivity contribution in [3.8, 4) is 44.5 Å². The Labute approximate surface area is 351 Å². The van der Waals surface area contributed by atoms with Crippen molar-refractivity contribution >= 4 is 70.4 Å². The molecule has 0 unspecified atom stereocenters. The molecule has 4 heterocycles. The summed E-state index contributed by atoms with van der Waals surface area (Å²) in [5.41, 5.74) is 22.0. The Morgan fingerprint density at radius 2 is 0.483 bits per heavy atom. The van der Waals surface area contributed by atoms with Crippen molar-refractivity contribution in [2.75, 3.05) is 19.2 Å². The Balaban J connectivity index is 1.13. The highest BCUT2D eigenvalue weighted by molar-refractivity contribution is 6.88. The lowest BCUT2D eigenvalue weighted by atomic mass is 9.59. The van der Waals surface area contributed by atoms with Crippen LogP contribution in [0.2, 0.25) is 0 Å². The standard InChI is InChI=1S/C54H36B2N4/c1-3-19-37(20-4-1)39-23-9-15-31-47(39)57-51-35-54-52(36-53(51)59-49-33-17-11-27-43(49)41-25-7-13-29-45(41)55(57)59)58(48-32-16-10-24-40(48)38-21-5-2-6-22-38)56-46-30-14-8-26-42(46)44-28-12-18-34-50(44)60(54)56/h1-36H. The van der Waals surface area contributed by atoms with Crippen LogP contribution in [0.25, 0.3) is 44.5 Å². The smallest absolute Gasteiger partial charge is 0.359 e. The molecule has 4 nitrogen and oxygen atoms in total. The zero-order valence-electron chi connectivity index (χ0n) is 32.7. The van der Waals surface area contributed by atoms with Gasteiger partial charge in [-0.05, 0) is 69.6 Å². The van der Waals surface area contributed by atoms with Gasteiger partial charge in [-0.1, -0.05) is 182 Å². The Morgan fingerprint density at radius 1 is 0.217 bits per heavy atom. The van der Waals surface area contributed by atoms with E-state index >= 15 is 0 Å². The molecule has 0 aromatic heterocycles. The first-order valence-corrected chi connectivity index (χ1v) is 20.8. The summed E-state index contributed by atoms with van der Waals surface area (Å²) < 4.78 is 0. The third-order valence-electron chi connectivity index (χ3n) is 13.0. The van der Waals surface area contributed by atoms with Crippen LogP contribution >= 0.6 is 0 Å². The maximum absolute atomic E-state index is 2.62. The van der Waals surface area contributed by atoms with Crippen LogP contribution in [0.15, 0.2) is 218 Å². The first kappa shape index (κ1) is 33.3. The fourth-order valence-corrected chi connectivity index (χ4v) is 10.5. The third-order valence-corrected chi connectivity index (χ3v) is 13.0. The van der Waals surface area contributed by atoms with E-state index in [1.807, 2.05) is 0 Å². The normalized spacial score (nSPS) is 13.8. The summed E-state index contributed by atoms with van der Waals surface area (Å²) in [7, 11) is 0. The van der Waals surface area contributed by atoms with Crippen LogP contribution in [0.3, 0.4) is 0 Å². The minimum absolute atomic E-state index is 0.117. The van der Waals surface area contributed by atoms with E-state index in [4.69, 9.17) is 0 Å². The molecule has 0 saturated heterocycles. The van der Waals surface area contributed by atoms with E-state index in [-0.39, 0.29) is 14.0 Å². The monoisotopic (exact) mass is 762 g/mol. The zero-order valence-corrected chi connectivity index (χ0v) is 32.7. The van der Waals surface area contributed by atoms with Crippen LogP contribution in [-0.2, 0) is 0 Å². The van der Waals surface area contributed by atoms with Gasteiger partial charge in [-0.15, -0.1) is 0 Å². The van der Waals surface area contributed by atoms with Gasteiger partial charge in [0.2, 0.25) is 0 Å². The quantitative estimate of drug-likeness (QED) is 0.166. The highest BCUT2D eigenvalue weighted by Gasteiger charge is 2.53. The molecular formula is C54H36B2N4. The lowest BCUT2D eigenvalue weighted by Gasteiger charge is -2.38. The van der Waals surface area contributed by atoms with E-state index in [0.717, 1.165) is 0 Å². The summed E-state index contributed by atoms with van der Waals surface area (Å²) in [6, 6.07) is 80.5. The number of nitrogens with zero attached hydrogens (tertiary/aromatic N) is 4. The molecule has 6 heteroatoms. The Kier molecular flexibility index (Phi) is 7.16. The number of para-hydroxylation sites is 4. The van der Waals surface area contributed by atoms with Crippen LogP contribution in [0.1, 0.15) is 0 Å². The van der Waals surface area contributed by atoms with Crippen LogP contribution in [0, 0.1) is 0 Å². The zero-order chi connectivity index (χ0) is 39.3. The third kappa shape index (κ3) is 4.64. The fourth-order valence-electron chi connectivity index (χ4n) is 10.5. The molecule has 13 rings (SSSR count). The molecule has 60 heavy (non-hydrogen) atoms. The first-order valence-electron chi connectivity index (χ1n) is 20.8. The van der Waals surface area contributed by atoms with Crippen molar-refractivity contribution in [1.82, 2.24) is 0 Å². The summed E-state index contributed by atoms with van der Waals surface area (Å²) in [6.07, 6.45) is 0.